The molecule has 1 aromatic carbocycles. The molecule has 0 aliphatic heterocycles. The van der Waals surface area contributed by atoms with E-state index in [2.05, 4.69) is 0 Å². The third-order valence-corrected chi connectivity index (χ3v) is 2.21. The summed E-state index contributed by atoms with van der Waals surface area (Å²) >= 11 is 0. The van der Waals surface area contributed by atoms with E-state index in [1.54, 1.807) is 19.1 Å². The van der Waals surface area contributed by atoms with Gasteiger partial charge in [0.05, 0.1) is 13.0 Å². The quantitative estimate of drug-likeness (QED) is 0.831. The predicted molar refractivity (Wildman–Crippen MR) is 53.5 cm³/mol. The number of hydrogen-bond acceptors (Lipinski definition) is 2. The van der Waals surface area contributed by atoms with Crippen molar-refractivity contribution in [2.24, 2.45) is 5.92 Å². The van der Waals surface area contributed by atoms with Gasteiger partial charge in [-0.25, -0.2) is 4.39 Å². The number of benzene rings is 1. The minimum Gasteiger partial charge on any atom is -0.494 e. The Morgan fingerprint density at radius 3 is 2.80 bits per heavy atom. The summed E-state index contributed by atoms with van der Waals surface area (Å²) in [5.41, 5.74) is 0.365. The monoisotopic (exact) mass is 212 g/mol. The van der Waals surface area contributed by atoms with E-state index in [9.17, 15) is 9.18 Å². The minimum atomic E-state index is -0.933. The molecule has 0 heterocycles. The fraction of sp³-hybridized carbons (Fsp3) is 0.364. The first kappa shape index (κ1) is 11.5. The summed E-state index contributed by atoms with van der Waals surface area (Å²) in [4.78, 5) is 10.6. The third kappa shape index (κ3) is 2.68. The van der Waals surface area contributed by atoms with E-state index < -0.39 is 17.7 Å². The molecule has 1 aromatic rings. The zero-order valence-electron chi connectivity index (χ0n) is 8.66. The van der Waals surface area contributed by atoms with Crippen LogP contribution in [0.2, 0.25) is 0 Å². The fourth-order valence-electron chi connectivity index (χ4n) is 1.29. The average molecular weight is 212 g/mol. The van der Waals surface area contributed by atoms with Gasteiger partial charge in [0.2, 0.25) is 0 Å². The Hall–Kier alpha value is -1.58. The van der Waals surface area contributed by atoms with E-state index in [1.165, 1.54) is 13.2 Å². The summed E-state index contributed by atoms with van der Waals surface area (Å²) in [6.07, 6.45) is 0.165. The molecule has 0 aliphatic rings. The summed E-state index contributed by atoms with van der Waals surface area (Å²) in [7, 11) is 1.38. The highest BCUT2D eigenvalue weighted by Gasteiger charge is 2.16. The number of carboxylic acids is 1. The van der Waals surface area contributed by atoms with Crippen molar-refractivity contribution in [1.82, 2.24) is 0 Å². The SMILES string of the molecule is COc1cccc(CC(C)C(=O)O)c1F. The first-order valence-electron chi connectivity index (χ1n) is 4.60. The maximum atomic E-state index is 13.6. The van der Waals surface area contributed by atoms with Gasteiger partial charge in [0, 0.05) is 0 Å². The molecule has 0 amide bonds. The second kappa shape index (κ2) is 4.77. The molecule has 0 fully saturated rings. The average Bonchev–Trinajstić information content (AvgIpc) is 2.21. The first-order valence-corrected chi connectivity index (χ1v) is 4.60. The molecule has 4 heteroatoms. The zero-order valence-corrected chi connectivity index (χ0v) is 8.66. The van der Waals surface area contributed by atoms with Crippen LogP contribution in [0.25, 0.3) is 0 Å². The van der Waals surface area contributed by atoms with Gasteiger partial charge in [-0.15, -0.1) is 0 Å². The van der Waals surface area contributed by atoms with Gasteiger partial charge < -0.3 is 9.84 Å². The number of methoxy groups -OCH3 is 1. The van der Waals surface area contributed by atoms with Crippen molar-refractivity contribution in [2.75, 3.05) is 7.11 Å². The number of rotatable bonds is 4. The number of aliphatic carboxylic acids is 1. The van der Waals surface area contributed by atoms with Gasteiger partial charge in [-0.1, -0.05) is 19.1 Å². The van der Waals surface area contributed by atoms with Crippen LogP contribution < -0.4 is 4.74 Å². The lowest BCUT2D eigenvalue weighted by Crippen LogP contribution is -2.13. The van der Waals surface area contributed by atoms with Crippen LogP contribution in [0.4, 0.5) is 4.39 Å². The Bertz CT molecular complexity index is 363. The Kier molecular flexibility index (Phi) is 3.66. The topological polar surface area (TPSA) is 46.5 Å². The molecule has 0 saturated heterocycles. The molecule has 1 rings (SSSR count). The highest BCUT2D eigenvalue weighted by molar-refractivity contribution is 5.69. The van der Waals surface area contributed by atoms with Crippen molar-refractivity contribution < 1.29 is 19.0 Å². The molecule has 15 heavy (non-hydrogen) atoms. The molecule has 3 nitrogen and oxygen atoms in total. The highest BCUT2D eigenvalue weighted by atomic mass is 19.1. The number of carbonyl (C=O) groups is 1. The van der Waals surface area contributed by atoms with Crippen LogP contribution in [-0.2, 0) is 11.2 Å². The standard InChI is InChI=1S/C11H13FO3/c1-7(11(13)14)6-8-4-3-5-9(15-2)10(8)12/h3-5,7H,6H2,1-2H3,(H,13,14). The van der Waals surface area contributed by atoms with E-state index in [0.717, 1.165) is 0 Å². The van der Waals surface area contributed by atoms with Crippen molar-refractivity contribution in [3.63, 3.8) is 0 Å². The molecular formula is C11H13FO3. The van der Waals surface area contributed by atoms with E-state index >= 15 is 0 Å². The Morgan fingerprint density at radius 2 is 2.27 bits per heavy atom. The molecule has 0 radical (unpaired) electrons. The lowest BCUT2D eigenvalue weighted by molar-refractivity contribution is -0.141. The number of halogens is 1. The van der Waals surface area contributed by atoms with Gasteiger partial charge in [0.1, 0.15) is 0 Å². The maximum Gasteiger partial charge on any atom is 0.306 e. The van der Waals surface area contributed by atoms with Crippen molar-refractivity contribution >= 4 is 5.97 Å². The molecule has 1 atom stereocenters. The number of ether oxygens (including phenoxy) is 1. The van der Waals surface area contributed by atoms with Crippen LogP contribution >= 0.6 is 0 Å². The van der Waals surface area contributed by atoms with Crippen molar-refractivity contribution in [3.05, 3.63) is 29.6 Å². The molecule has 0 aliphatic carbocycles. The molecule has 82 valence electrons. The van der Waals surface area contributed by atoms with Gasteiger partial charge in [-0.3, -0.25) is 4.79 Å². The Labute approximate surface area is 87.5 Å². The number of hydrogen-bond donors (Lipinski definition) is 1. The Morgan fingerprint density at radius 1 is 1.60 bits per heavy atom. The molecule has 1 unspecified atom stereocenters. The summed E-state index contributed by atoms with van der Waals surface area (Å²) in [6.45, 7) is 1.54. The fourth-order valence-corrected chi connectivity index (χ4v) is 1.29. The largest absolute Gasteiger partial charge is 0.494 e. The molecule has 0 spiro atoms. The summed E-state index contributed by atoms with van der Waals surface area (Å²) < 4.78 is 18.4. The van der Waals surface area contributed by atoms with Crippen molar-refractivity contribution in [3.8, 4) is 5.75 Å². The van der Waals surface area contributed by atoms with Crippen molar-refractivity contribution in [2.45, 2.75) is 13.3 Å². The maximum absolute atomic E-state index is 13.6. The van der Waals surface area contributed by atoms with Crippen LogP contribution in [-0.4, -0.2) is 18.2 Å². The summed E-state index contributed by atoms with van der Waals surface area (Å²) in [5, 5.41) is 8.71. The molecule has 0 aromatic heterocycles. The lowest BCUT2D eigenvalue weighted by atomic mass is 10.0. The van der Waals surface area contributed by atoms with E-state index in [4.69, 9.17) is 9.84 Å². The third-order valence-electron chi connectivity index (χ3n) is 2.21. The molecular weight excluding hydrogens is 199 g/mol. The van der Waals surface area contributed by atoms with Crippen LogP contribution in [0.3, 0.4) is 0 Å². The van der Waals surface area contributed by atoms with Crippen molar-refractivity contribution in [1.29, 1.82) is 0 Å². The van der Waals surface area contributed by atoms with Crippen LogP contribution in [0, 0.1) is 11.7 Å². The van der Waals surface area contributed by atoms with E-state index in [-0.39, 0.29) is 12.2 Å². The minimum absolute atomic E-state index is 0.144. The highest BCUT2D eigenvalue weighted by Crippen LogP contribution is 2.22. The molecule has 0 bridgehead atoms. The van der Waals surface area contributed by atoms with Crippen LogP contribution in [0.15, 0.2) is 18.2 Å². The zero-order chi connectivity index (χ0) is 11.4. The summed E-state index contributed by atoms with van der Waals surface area (Å²) in [5.74, 6) is -1.87. The van der Waals surface area contributed by atoms with Gasteiger partial charge >= 0.3 is 5.97 Å². The second-order valence-electron chi connectivity index (χ2n) is 3.38. The Balaban J connectivity index is 2.90. The predicted octanol–water partition coefficient (Wildman–Crippen LogP) is 2.10. The van der Waals surface area contributed by atoms with E-state index in [1.807, 2.05) is 0 Å². The lowest BCUT2D eigenvalue weighted by Gasteiger charge is -2.09. The number of carboxylic acid groups (broad SMARTS) is 1. The smallest absolute Gasteiger partial charge is 0.306 e. The second-order valence-corrected chi connectivity index (χ2v) is 3.38. The van der Waals surface area contributed by atoms with Crippen LogP contribution in [0.1, 0.15) is 12.5 Å². The summed E-state index contributed by atoms with van der Waals surface area (Å²) in [6, 6.07) is 4.72. The first-order chi connectivity index (χ1) is 7.06. The normalized spacial score (nSPS) is 12.2. The molecule has 1 N–H and O–H groups in total. The van der Waals surface area contributed by atoms with Crippen LogP contribution in [0.5, 0.6) is 5.75 Å². The van der Waals surface area contributed by atoms with Gasteiger partial charge in [-0.05, 0) is 18.1 Å². The van der Waals surface area contributed by atoms with Gasteiger partial charge in [0.15, 0.2) is 11.6 Å². The van der Waals surface area contributed by atoms with E-state index in [0.29, 0.717) is 5.56 Å². The van der Waals surface area contributed by atoms with Gasteiger partial charge in [0.25, 0.3) is 0 Å². The molecule has 0 saturated carbocycles. The van der Waals surface area contributed by atoms with Gasteiger partial charge in [-0.2, -0.15) is 0 Å².